The van der Waals surface area contributed by atoms with Gasteiger partial charge in [0.05, 0.1) is 6.54 Å². The second-order valence-electron chi connectivity index (χ2n) is 8.51. The maximum Gasteiger partial charge on any atom is 0.236 e. The number of carbonyl (C=O) groups is 1. The van der Waals surface area contributed by atoms with Gasteiger partial charge in [-0.1, -0.05) is 54.4 Å². The summed E-state index contributed by atoms with van der Waals surface area (Å²) in [5.74, 6) is 1.05. The van der Waals surface area contributed by atoms with E-state index in [2.05, 4.69) is 42.4 Å². The monoisotopic (exact) mass is 367 g/mol. The molecule has 0 aromatic rings. The van der Waals surface area contributed by atoms with Gasteiger partial charge in [0.2, 0.25) is 5.91 Å². The highest BCUT2D eigenvalue weighted by molar-refractivity contribution is 5.78. The van der Waals surface area contributed by atoms with Crippen molar-refractivity contribution < 1.29 is 4.79 Å². The van der Waals surface area contributed by atoms with Gasteiger partial charge in [0.15, 0.2) is 0 Å². The Morgan fingerprint density at radius 1 is 0.923 bits per heavy atom. The van der Waals surface area contributed by atoms with Crippen LogP contribution in [-0.4, -0.2) is 73.0 Å². The van der Waals surface area contributed by atoms with Crippen LogP contribution in [0.4, 0.5) is 0 Å². The predicted molar refractivity (Wildman–Crippen MR) is 113 cm³/mol. The number of hydrogen-bond acceptors (Lipinski definition) is 3. The first-order chi connectivity index (χ1) is 12.4. The molecule has 0 radical (unpaired) electrons. The van der Waals surface area contributed by atoms with Crippen molar-refractivity contribution in [3.8, 4) is 0 Å². The SMILES string of the molecule is CC.CCCCCN1CCN(CC(=O)N2CCC(C)(C(C)C)CC2)CC1. The minimum absolute atomic E-state index is 0.347. The molecule has 0 aromatic heterocycles. The van der Waals surface area contributed by atoms with E-state index in [1.54, 1.807) is 0 Å². The number of piperidine rings is 1. The molecule has 1 amide bonds. The van der Waals surface area contributed by atoms with Gasteiger partial charge in [0.25, 0.3) is 0 Å². The lowest BCUT2D eigenvalue weighted by Crippen LogP contribution is -2.52. The molecule has 0 saturated carbocycles. The molecule has 0 bridgehead atoms. The molecule has 0 N–H and O–H groups in total. The Balaban J connectivity index is 0.00000163. The second-order valence-corrected chi connectivity index (χ2v) is 8.51. The van der Waals surface area contributed by atoms with E-state index in [1.165, 1.54) is 25.8 Å². The first-order valence-corrected chi connectivity index (χ1v) is 11.2. The third-order valence-electron chi connectivity index (χ3n) is 6.55. The molecule has 2 aliphatic heterocycles. The highest BCUT2D eigenvalue weighted by Gasteiger charge is 2.34. The second kappa shape index (κ2) is 12.0. The summed E-state index contributed by atoms with van der Waals surface area (Å²) >= 11 is 0. The van der Waals surface area contributed by atoms with Gasteiger partial charge in [-0.15, -0.1) is 0 Å². The van der Waals surface area contributed by atoms with E-state index >= 15 is 0 Å². The van der Waals surface area contributed by atoms with Crippen molar-refractivity contribution in [3.63, 3.8) is 0 Å². The number of carbonyl (C=O) groups excluding carboxylic acids is 1. The average molecular weight is 368 g/mol. The van der Waals surface area contributed by atoms with E-state index in [0.29, 0.717) is 23.8 Å². The molecule has 2 aliphatic rings. The van der Waals surface area contributed by atoms with E-state index in [1.807, 2.05) is 13.8 Å². The molecule has 0 aliphatic carbocycles. The fraction of sp³-hybridized carbons (Fsp3) is 0.955. The van der Waals surface area contributed by atoms with E-state index in [-0.39, 0.29) is 0 Å². The summed E-state index contributed by atoms with van der Waals surface area (Å²) in [5.41, 5.74) is 0.418. The van der Waals surface area contributed by atoms with Crippen molar-refractivity contribution >= 4 is 5.91 Å². The van der Waals surface area contributed by atoms with Gasteiger partial charge in [0.1, 0.15) is 0 Å². The maximum atomic E-state index is 12.6. The van der Waals surface area contributed by atoms with Crippen molar-refractivity contribution in [2.45, 2.75) is 73.6 Å². The molecule has 0 atom stereocenters. The standard InChI is InChI=1S/C20H39N3O.C2H6/c1-5-6-7-10-21-13-15-22(16-14-21)17-19(24)23-11-8-20(4,9-12-23)18(2)3;1-2/h18H,5-17H2,1-4H3;1-2H3. The smallest absolute Gasteiger partial charge is 0.236 e. The van der Waals surface area contributed by atoms with Crippen LogP contribution < -0.4 is 0 Å². The van der Waals surface area contributed by atoms with Crippen molar-refractivity contribution in [2.24, 2.45) is 11.3 Å². The Hall–Kier alpha value is -0.610. The Morgan fingerprint density at radius 3 is 1.96 bits per heavy atom. The van der Waals surface area contributed by atoms with Crippen molar-refractivity contribution in [1.29, 1.82) is 0 Å². The topological polar surface area (TPSA) is 26.8 Å². The molecule has 2 fully saturated rings. The number of likely N-dealkylation sites (tertiary alicyclic amines) is 1. The van der Waals surface area contributed by atoms with Crippen LogP contribution in [0.15, 0.2) is 0 Å². The Labute approximate surface area is 163 Å². The van der Waals surface area contributed by atoms with E-state index in [0.717, 1.165) is 52.1 Å². The molecule has 2 rings (SSSR count). The Morgan fingerprint density at radius 2 is 1.46 bits per heavy atom. The van der Waals surface area contributed by atoms with E-state index in [9.17, 15) is 4.79 Å². The van der Waals surface area contributed by atoms with Crippen LogP contribution in [0.25, 0.3) is 0 Å². The summed E-state index contributed by atoms with van der Waals surface area (Å²) in [6, 6.07) is 0. The van der Waals surface area contributed by atoms with E-state index in [4.69, 9.17) is 0 Å². The molecule has 26 heavy (non-hydrogen) atoms. The van der Waals surface area contributed by atoms with Crippen molar-refractivity contribution in [3.05, 3.63) is 0 Å². The molecule has 0 unspecified atom stereocenters. The summed E-state index contributed by atoms with van der Waals surface area (Å²) in [7, 11) is 0. The van der Waals surface area contributed by atoms with Gasteiger partial charge in [-0.3, -0.25) is 9.69 Å². The van der Waals surface area contributed by atoms with Crippen LogP contribution >= 0.6 is 0 Å². The summed E-state index contributed by atoms with van der Waals surface area (Å²) in [4.78, 5) is 19.6. The average Bonchev–Trinajstić information content (AvgIpc) is 2.65. The van der Waals surface area contributed by atoms with Crippen LogP contribution in [0, 0.1) is 11.3 Å². The van der Waals surface area contributed by atoms with Gasteiger partial charge in [0, 0.05) is 39.3 Å². The first kappa shape index (κ1) is 23.4. The lowest BCUT2D eigenvalue weighted by atomic mass is 9.72. The number of rotatable bonds is 7. The molecule has 0 aromatic carbocycles. The van der Waals surface area contributed by atoms with Gasteiger partial charge >= 0.3 is 0 Å². The molecule has 0 spiro atoms. The number of amides is 1. The number of piperazine rings is 1. The summed E-state index contributed by atoms with van der Waals surface area (Å²) < 4.78 is 0. The van der Waals surface area contributed by atoms with Crippen LogP contribution in [-0.2, 0) is 4.79 Å². The fourth-order valence-corrected chi connectivity index (χ4v) is 3.89. The molecular formula is C22H45N3O. The van der Waals surface area contributed by atoms with Crippen LogP contribution in [0.3, 0.4) is 0 Å². The highest BCUT2D eigenvalue weighted by Crippen LogP contribution is 2.37. The lowest BCUT2D eigenvalue weighted by Gasteiger charge is -2.43. The molecule has 154 valence electrons. The van der Waals surface area contributed by atoms with Gasteiger partial charge < -0.3 is 9.80 Å². The molecule has 2 heterocycles. The molecule has 2 saturated heterocycles. The molecular weight excluding hydrogens is 322 g/mol. The summed E-state index contributed by atoms with van der Waals surface area (Å²) in [6.45, 7) is 21.4. The largest absolute Gasteiger partial charge is 0.342 e. The zero-order valence-electron chi connectivity index (χ0n) is 18.5. The lowest BCUT2D eigenvalue weighted by molar-refractivity contribution is -0.135. The normalized spacial score (nSPS) is 21.4. The maximum absolute atomic E-state index is 12.6. The summed E-state index contributed by atoms with van der Waals surface area (Å²) in [5, 5.41) is 0. The minimum Gasteiger partial charge on any atom is -0.342 e. The number of hydrogen-bond donors (Lipinski definition) is 0. The number of nitrogens with zero attached hydrogens (tertiary/aromatic N) is 3. The zero-order chi connectivity index (χ0) is 19.6. The van der Waals surface area contributed by atoms with Gasteiger partial charge in [-0.2, -0.15) is 0 Å². The fourth-order valence-electron chi connectivity index (χ4n) is 3.89. The van der Waals surface area contributed by atoms with Crippen molar-refractivity contribution in [1.82, 2.24) is 14.7 Å². The first-order valence-electron chi connectivity index (χ1n) is 11.2. The quantitative estimate of drug-likeness (QED) is 0.634. The van der Waals surface area contributed by atoms with Crippen LogP contribution in [0.1, 0.15) is 73.6 Å². The summed E-state index contributed by atoms with van der Waals surface area (Å²) in [6.07, 6.45) is 6.25. The minimum atomic E-state index is 0.347. The Kier molecular flexibility index (Phi) is 10.8. The van der Waals surface area contributed by atoms with Crippen LogP contribution in [0.2, 0.25) is 0 Å². The highest BCUT2D eigenvalue weighted by atomic mass is 16.2. The predicted octanol–water partition coefficient (Wildman–Crippen LogP) is 4.11. The third kappa shape index (κ3) is 7.19. The van der Waals surface area contributed by atoms with Crippen LogP contribution in [0.5, 0.6) is 0 Å². The molecule has 4 nitrogen and oxygen atoms in total. The van der Waals surface area contributed by atoms with Gasteiger partial charge in [-0.25, -0.2) is 0 Å². The molecule has 4 heteroatoms. The van der Waals surface area contributed by atoms with E-state index < -0.39 is 0 Å². The number of unbranched alkanes of at least 4 members (excludes halogenated alkanes) is 2. The van der Waals surface area contributed by atoms with Crippen molar-refractivity contribution in [2.75, 3.05) is 52.4 Å². The third-order valence-corrected chi connectivity index (χ3v) is 6.55. The zero-order valence-corrected chi connectivity index (χ0v) is 18.5. The Bertz CT molecular complexity index is 381. The van der Waals surface area contributed by atoms with Gasteiger partial charge in [-0.05, 0) is 37.1 Å².